The second-order valence-electron chi connectivity index (χ2n) is 1.66. The van der Waals surface area contributed by atoms with Crippen molar-refractivity contribution in [2.75, 3.05) is 13.1 Å². The molecule has 0 heterocycles. The van der Waals surface area contributed by atoms with Crippen LogP contribution in [0.25, 0.3) is 0 Å². The molecule has 0 aromatic carbocycles. The van der Waals surface area contributed by atoms with E-state index in [-0.39, 0.29) is 6.15 Å². The Hall–Kier alpha value is -0.0800. The highest BCUT2D eigenvalue weighted by Gasteiger charge is 1.62. The monoisotopic (exact) mass is 134 g/mol. The van der Waals surface area contributed by atoms with E-state index < -0.39 is 0 Å². The van der Waals surface area contributed by atoms with Crippen molar-refractivity contribution in [3.8, 4) is 0 Å². The van der Waals surface area contributed by atoms with E-state index in [0.717, 1.165) is 13.1 Å². The molecule has 9 heavy (non-hydrogen) atoms. The smallest absolute Gasteiger partial charge is 0.00775 e. The Bertz CT molecular complexity index is 20.9. The van der Waals surface area contributed by atoms with Crippen molar-refractivity contribution in [2.45, 2.75) is 34.1 Å². The molecule has 4 N–H and O–H groups in total. The van der Waals surface area contributed by atoms with Crippen LogP contribution in [0.3, 0.4) is 0 Å². The SMILES string of the molecule is CCC.CCNCC.N. The van der Waals surface area contributed by atoms with Crippen LogP contribution in [0.2, 0.25) is 0 Å². The second kappa shape index (κ2) is 24.7. The zero-order chi connectivity index (χ0) is 6.83. The molecular weight excluding hydrogens is 112 g/mol. The Labute approximate surface area is 59.6 Å². The maximum absolute atomic E-state index is 3.11. The zero-order valence-electron chi connectivity index (χ0n) is 7.33. The molecule has 0 atom stereocenters. The fraction of sp³-hybridized carbons (Fsp3) is 1.00. The molecule has 0 rings (SSSR count). The van der Waals surface area contributed by atoms with Crippen LogP contribution in [0.5, 0.6) is 0 Å². The zero-order valence-corrected chi connectivity index (χ0v) is 7.33. The van der Waals surface area contributed by atoms with Gasteiger partial charge >= 0.3 is 0 Å². The van der Waals surface area contributed by atoms with E-state index in [4.69, 9.17) is 0 Å². The van der Waals surface area contributed by atoms with E-state index in [0.29, 0.717) is 0 Å². The standard InChI is InChI=1S/C4H11N.C3H8.H3N/c1-3-5-4-2;1-3-2;/h5H,3-4H2,1-2H3;3H2,1-2H3;1H3. The third kappa shape index (κ3) is 75.3. The largest absolute Gasteiger partial charge is 0.344 e. The molecule has 2 nitrogen and oxygen atoms in total. The summed E-state index contributed by atoms with van der Waals surface area (Å²) in [6, 6.07) is 0. The summed E-state index contributed by atoms with van der Waals surface area (Å²) in [5.74, 6) is 0. The lowest BCUT2D eigenvalue weighted by atomic mass is 10.6. The molecule has 0 aliphatic heterocycles. The van der Waals surface area contributed by atoms with Gasteiger partial charge in [0.1, 0.15) is 0 Å². The van der Waals surface area contributed by atoms with Gasteiger partial charge in [0.2, 0.25) is 0 Å². The van der Waals surface area contributed by atoms with Crippen molar-refractivity contribution in [2.24, 2.45) is 0 Å². The molecule has 0 aromatic heterocycles. The van der Waals surface area contributed by atoms with Gasteiger partial charge in [0, 0.05) is 0 Å². The molecule has 2 heteroatoms. The van der Waals surface area contributed by atoms with E-state index in [2.05, 4.69) is 33.0 Å². The van der Waals surface area contributed by atoms with Crippen LogP contribution in [-0.4, -0.2) is 13.1 Å². The summed E-state index contributed by atoms with van der Waals surface area (Å²) in [4.78, 5) is 0. The number of nitrogens with one attached hydrogen (secondary N) is 1. The summed E-state index contributed by atoms with van der Waals surface area (Å²) >= 11 is 0. The fourth-order valence-electron chi connectivity index (χ4n) is 0.250. The van der Waals surface area contributed by atoms with Gasteiger partial charge in [0.25, 0.3) is 0 Å². The van der Waals surface area contributed by atoms with Gasteiger partial charge in [-0.05, 0) is 13.1 Å². The molecule has 60 valence electrons. The van der Waals surface area contributed by atoms with E-state index >= 15 is 0 Å². The third-order valence-electron chi connectivity index (χ3n) is 0.500. The summed E-state index contributed by atoms with van der Waals surface area (Å²) in [6.07, 6.45) is 1.25. The Kier molecular flexibility index (Phi) is 43.8. The van der Waals surface area contributed by atoms with Crippen LogP contribution in [0.15, 0.2) is 0 Å². The van der Waals surface area contributed by atoms with E-state index in [9.17, 15) is 0 Å². The van der Waals surface area contributed by atoms with Gasteiger partial charge in [-0.1, -0.05) is 34.1 Å². The maximum atomic E-state index is 3.11. The Morgan fingerprint density at radius 2 is 1.11 bits per heavy atom. The molecule has 0 bridgehead atoms. The van der Waals surface area contributed by atoms with E-state index in [1.165, 1.54) is 6.42 Å². The molecule has 0 aromatic rings. The lowest BCUT2D eigenvalue weighted by Gasteiger charge is -1.86. The summed E-state index contributed by atoms with van der Waals surface area (Å²) < 4.78 is 0. The minimum Gasteiger partial charge on any atom is -0.344 e. The van der Waals surface area contributed by atoms with Crippen LogP contribution in [0.1, 0.15) is 34.1 Å². The quantitative estimate of drug-likeness (QED) is 0.608. The van der Waals surface area contributed by atoms with E-state index in [1.54, 1.807) is 0 Å². The maximum Gasteiger partial charge on any atom is -0.00775 e. The first-order valence-electron chi connectivity index (χ1n) is 3.54. The van der Waals surface area contributed by atoms with Crippen molar-refractivity contribution < 1.29 is 0 Å². The highest BCUT2D eigenvalue weighted by molar-refractivity contribution is 4.27. The third-order valence-corrected chi connectivity index (χ3v) is 0.500. The molecule has 0 aliphatic carbocycles. The Morgan fingerprint density at radius 1 is 0.889 bits per heavy atom. The van der Waals surface area contributed by atoms with Gasteiger partial charge in [-0.15, -0.1) is 0 Å². The normalized spacial score (nSPS) is 6.67. The molecule has 0 saturated heterocycles. The molecule has 0 spiro atoms. The second-order valence-corrected chi connectivity index (χ2v) is 1.66. The van der Waals surface area contributed by atoms with Crippen molar-refractivity contribution in [1.82, 2.24) is 11.5 Å². The molecule has 0 aliphatic rings. The van der Waals surface area contributed by atoms with Crippen molar-refractivity contribution in [1.29, 1.82) is 0 Å². The summed E-state index contributed by atoms with van der Waals surface area (Å²) in [5, 5.41) is 3.11. The predicted octanol–water partition coefficient (Wildman–Crippen LogP) is 2.19. The number of hydrogen-bond donors (Lipinski definition) is 2. The summed E-state index contributed by atoms with van der Waals surface area (Å²) in [5.41, 5.74) is 0. The van der Waals surface area contributed by atoms with Gasteiger partial charge in [-0.2, -0.15) is 0 Å². The average Bonchev–Trinajstić information content (AvgIpc) is 1.71. The van der Waals surface area contributed by atoms with Crippen LogP contribution in [0.4, 0.5) is 0 Å². The van der Waals surface area contributed by atoms with Gasteiger partial charge in [0.15, 0.2) is 0 Å². The van der Waals surface area contributed by atoms with Crippen molar-refractivity contribution in [3.63, 3.8) is 0 Å². The highest BCUT2D eigenvalue weighted by Crippen LogP contribution is 1.56. The lowest BCUT2D eigenvalue weighted by molar-refractivity contribution is 0.762. The number of rotatable bonds is 2. The van der Waals surface area contributed by atoms with Crippen molar-refractivity contribution in [3.05, 3.63) is 0 Å². The molecule has 0 saturated carbocycles. The van der Waals surface area contributed by atoms with Crippen molar-refractivity contribution >= 4 is 0 Å². The number of hydrogen-bond acceptors (Lipinski definition) is 2. The fourth-order valence-corrected chi connectivity index (χ4v) is 0.250. The van der Waals surface area contributed by atoms with Gasteiger partial charge in [-0.3, -0.25) is 0 Å². The summed E-state index contributed by atoms with van der Waals surface area (Å²) in [6.45, 7) is 10.6. The van der Waals surface area contributed by atoms with E-state index in [1.807, 2.05) is 0 Å². The molecule has 0 radical (unpaired) electrons. The first-order chi connectivity index (χ1) is 3.83. The first kappa shape index (κ1) is 16.0. The van der Waals surface area contributed by atoms with Gasteiger partial charge in [0.05, 0.1) is 0 Å². The first-order valence-corrected chi connectivity index (χ1v) is 3.54. The van der Waals surface area contributed by atoms with Gasteiger partial charge in [-0.25, -0.2) is 0 Å². The van der Waals surface area contributed by atoms with Crippen LogP contribution in [-0.2, 0) is 0 Å². The van der Waals surface area contributed by atoms with Crippen LogP contribution < -0.4 is 11.5 Å². The lowest BCUT2D eigenvalue weighted by Crippen LogP contribution is -2.09. The Morgan fingerprint density at radius 3 is 1.11 bits per heavy atom. The Balaban J connectivity index is -0.0000000800. The van der Waals surface area contributed by atoms with Gasteiger partial charge < -0.3 is 11.5 Å². The van der Waals surface area contributed by atoms with Crippen LogP contribution in [0, 0.1) is 0 Å². The molecule has 0 unspecified atom stereocenters. The minimum absolute atomic E-state index is 0. The predicted molar refractivity (Wildman–Crippen MR) is 45.2 cm³/mol. The minimum atomic E-state index is 0. The topological polar surface area (TPSA) is 47.0 Å². The molecular formula is C7H22N2. The van der Waals surface area contributed by atoms with Crippen LogP contribution >= 0.6 is 0 Å². The molecule has 0 amide bonds. The highest BCUT2D eigenvalue weighted by atomic mass is 14.8. The summed E-state index contributed by atoms with van der Waals surface area (Å²) in [7, 11) is 0. The molecule has 0 fully saturated rings. The average molecular weight is 134 g/mol.